The van der Waals surface area contributed by atoms with Gasteiger partial charge in [0.05, 0.1) is 12.3 Å². The summed E-state index contributed by atoms with van der Waals surface area (Å²) in [5, 5.41) is 12.2. The molecule has 1 saturated heterocycles. The van der Waals surface area contributed by atoms with Crippen LogP contribution in [0.15, 0.2) is 18.3 Å². The highest BCUT2D eigenvalue weighted by Gasteiger charge is 2.14. The Hall–Kier alpha value is -1.13. The predicted molar refractivity (Wildman–Crippen MR) is 56.7 cm³/mol. The molecule has 82 valence electrons. The zero-order valence-corrected chi connectivity index (χ0v) is 8.65. The molecule has 4 heteroatoms. The second-order valence-corrected chi connectivity index (χ2v) is 3.71. The number of aliphatic hydroxyl groups is 1. The molecule has 4 nitrogen and oxygen atoms in total. The number of pyridine rings is 1. The van der Waals surface area contributed by atoms with Crippen LogP contribution in [-0.2, 0) is 6.61 Å². The third kappa shape index (κ3) is 2.91. The molecule has 1 fully saturated rings. The van der Waals surface area contributed by atoms with Crippen LogP contribution in [0.25, 0.3) is 0 Å². The minimum Gasteiger partial charge on any atom is -0.490 e. The van der Waals surface area contributed by atoms with Gasteiger partial charge in [0, 0.05) is 12.3 Å². The number of nitrogens with one attached hydrogen (secondary N) is 1. The lowest BCUT2D eigenvalue weighted by atomic mass is 10.1. The minimum atomic E-state index is -0.0383. The van der Waals surface area contributed by atoms with Crippen molar-refractivity contribution in [3.63, 3.8) is 0 Å². The summed E-state index contributed by atoms with van der Waals surface area (Å²) in [6.07, 6.45) is 4.04. The molecule has 2 N–H and O–H groups in total. The highest BCUT2D eigenvalue weighted by atomic mass is 16.5. The van der Waals surface area contributed by atoms with E-state index in [9.17, 15) is 0 Å². The first-order valence-corrected chi connectivity index (χ1v) is 5.31. The summed E-state index contributed by atoms with van der Waals surface area (Å²) >= 11 is 0. The molecule has 1 aliphatic rings. The van der Waals surface area contributed by atoms with E-state index in [0.717, 1.165) is 31.7 Å². The van der Waals surface area contributed by atoms with Crippen LogP contribution in [0.2, 0.25) is 0 Å². The first-order chi connectivity index (χ1) is 7.38. The quantitative estimate of drug-likeness (QED) is 0.768. The lowest BCUT2D eigenvalue weighted by Crippen LogP contribution is -2.34. The van der Waals surface area contributed by atoms with Crippen LogP contribution >= 0.6 is 0 Å². The highest BCUT2D eigenvalue weighted by Crippen LogP contribution is 2.16. The summed E-state index contributed by atoms with van der Waals surface area (Å²) in [6, 6.07) is 3.63. The van der Waals surface area contributed by atoms with Gasteiger partial charge in [0.15, 0.2) is 0 Å². The van der Waals surface area contributed by atoms with Crippen LogP contribution in [0.4, 0.5) is 0 Å². The third-order valence-corrected chi connectivity index (χ3v) is 2.54. The average Bonchev–Trinajstić information content (AvgIpc) is 2.31. The summed E-state index contributed by atoms with van der Waals surface area (Å²) in [4.78, 5) is 4.01. The Morgan fingerprint density at radius 2 is 2.27 bits per heavy atom. The van der Waals surface area contributed by atoms with Crippen molar-refractivity contribution in [2.75, 3.05) is 13.1 Å². The molecule has 1 aromatic heterocycles. The van der Waals surface area contributed by atoms with E-state index in [4.69, 9.17) is 9.84 Å². The van der Waals surface area contributed by atoms with Crippen LogP contribution in [-0.4, -0.2) is 29.3 Å². The van der Waals surface area contributed by atoms with E-state index in [1.807, 2.05) is 6.07 Å². The number of rotatable bonds is 3. The van der Waals surface area contributed by atoms with Crippen molar-refractivity contribution in [2.24, 2.45) is 0 Å². The Bertz CT molecular complexity index is 311. The van der Waals surface area contributed by atoms with Gasteiger partial charge in [-0.25, -0.2) is 0 Å². The number of hydrogen-bond donors (Lipinski definition) is 2. The fraction of sp³-hybridized carbons (Fsp3) is 0.545. The summed E-state index contributed by atoms with van der Waals surface area (Å²) in [6.45, 7) is 1.99. The molecule has 1 aliphatic heterocycles. The van der Waals surface area contributed by atoms with E-state index < -0.39 is 0 Å². The molecule has 0 amide bonds. The van der Waals surface area contributed by atoms with E-state index in [2.05, 4.69) is 10.3 Å². The van der Waals surface area contributed by atoms with Gasteiger partial charge in [-0.3, -0.25) is 4.98 Å². The topological polar surface area (TPSA) is 54.4 Å². The summed E-state index contributed by atoms with van der Waals surface area (Å²) in [5.41, 5.74) is 0.654. The van der Waals surface area contributed by atoms with Crippen LogP contribution in [0, 0.1) is 0 Å². The average molecular weight is 208 g/mol. The van der Waals surface area contributed by atoms with E-state index in [0.29, 0.717) is 11.8 Å². The van der Waals surface area contributed by atoms with Crippen LogP contribution in [0.5, 0.6) is 5.75 Å². The van der Waals surface area contributed by atoms with Crippen molar-refractivity contribution in [2.45, 2.75) is 25.6 Å². The van der Waals surface area contributed by atoms with E-state index in [1.165, 1.54) is 0 Å². The fourth-order valence-corrected chi connectivity index (χ4v) is 1.72. The molecular weight excluding hydrogens is 192 g/mol. The monoisotopic (exact) mass is 208 g/mol. The first kappa shape index (κ1) is 10.4. The molecule has 0 spiro atoms. The lowest BCUT2D eigenvalue weighted by molar-refractivity contribution is 0.161. The molecule has 0 atom stereocenters. The number of aromatic nitrogens is 1. The molecule has 0 aliphatic carbocycles. The standard InChI is InChI=1S/C11H16N2O2/c14-8-9-7-11(3-6-13-9)15-10-1-4-12-5-2-10/h3,6-7,10,12,14H,1-2,4-5,8H2. The Morgan fingerprint density at radius 1 is 1.47 bits per heavy atom. The maximum absolute atomic E-state index is 8.94. The van der Waals surface area contributed by atoms with Gasteiger partial charge in [0.25, 0.3) is 0 Å². The Morgan fingerprint density at radius 3 is 3.00 bits per heavy atom. The zero-order chi connectivity index (χ0) is 10.5. The number of piperidine rings is 1. The van der Waals surface area contributed by atoms with Gasteiger partial charge < -0.3 is 15.2 Å². The summed E-state index contributed by atoms with van der Waals surface area (Å²) < 4.78 is 5.81. The normalized spacial score (nSPS) is 17.7. The van der Waals surface area contributed by atoms with Crippen molar-refractivity contribution >= 4 is 0 Å². The molecule has 0 bridgehead atoms. The van der Waals surface area contributed by atoms with Crippen LogP contribution < -0.4 is 10.1 Å². The second-order valence-electron chi connectivity index (χ2n) is 3.71. The third-order valence-electron chi connectivity index (χ3n) is 2.54. The van der Waals surface area contributed by atoms with Gasteiger partial charge in [0.2, 0.25) is 0 Å². The smallest absolute Gasteiger partial charge is 0.123 e. The van der Waals surface area contributed by atoms with E-state index in [1.54, 1.807) is 12.3 Å². The molecule has 0 unspecified atom stereocenters. The maximum Gasteiger partial charge on any atom is 0.123 e. The molecule has 15 heavy (non-hydrogen) atoms. The Kier molecular flexibility index (Phi) is 3.53. The first-order valence-electron chi connectivity index (χ1n) is 5.31. The maximum atomic E-state index is 8.94. The second kappa shape index (κ2) is 5.09. The lowest BCUT2D eigenvalue weighted by Gasteiger charge is -2.23. The van der Waals surface area contributed by atoms with Crippen LogP contribution in [0.1, 0.15) is 18.5 Å². The number of nitrogens with zero attached hydrogens (tertiary/aromatic N) is 1. The van der Waals surface area contributed by atoms with Gasteiger partial charge >= 0.3 is 0 Å². The largest absolute Gasteiger partial charge is 0.490 e. The predicted octanol–water partition coefficient (Wildman–Crippen LogP) is 0.705. The van der Waals surface area contributed by atoms with E-state index >= 15 is 0 Å². The number of hydrogen-bond acceptors (Lipinski definition) is 4. The highest BCUT2D eigenvalue weighted by molar-refractivity contribution is 5.22. The number of ether oxygens (including phenoxy) is 1. The SMILES string of the molecule is OCc1cc(OC2CCNCC2)ccn1. The van der Waals surface area contributed by atoms with Gasteiger partial charge in [-0.2, -0.15) is 0 Å². The van der Waals surface area contributed by atoms with Crippen molar-refractivity contribution < 1.29 is 9.84 Å². The van der Waals surface area contributed by atoms with Crippen LogP contribution in [0.3, 0.4) is 0 Å². The molecule has 2 heterocycles. The molecule has 0 aromatic carbocycles. The molecule has 0 radical (unpaired) electrons. The van der Waals surface area contributed by atoms with Crippen molar-refractivity contribution in [3.05, 3.63) is 24.0 Å². The molecule has 0 saturated carbocycles. The van der Waals surface area contributed by atoms with Crippen molar-refractivity contribution in [3.8, 4) is 5.75 Å². The van der Waals surface area contributed by atoms with Gasteiger partial charge in [-0.05, 0) is 32.0 Å². The zero-order valence-electron chi connectivity index (χ0n) is 8.65. The van der Waals surface area contributed by atoms with Gasteiger partial charge in [0.1, 0.15) is 11.9 Å². The Balaban J connectivity index is 1.96. The molecule has 1 aromatic rings. The van der Waals surface area contributed by atoms with E-state index in [-0.39, 0.29) is 6.61 Å². The molecule has 2 rings (SSSR count). The minimum absolute atomic E-state index is 0.0383. The Labute approximate surface area is 89.3 Å². The van der Waals surface area contributed by atoms with Gasteiger partial charge in [-0.15, -0.1) is 0 Å². The van der Waals surface area contributed by atoms with Gasteiger partial charge in [-0.1, -0.05) is 0 Å². The summed E-state index contributed by atoms with van der Waals surface area (Å²) in [7, 11) is 0. The van der Waals surface area contributed by atoms with Crippen molar-refractivity contribution in [1.29, 1.82) is 0 Å². The fourth-order valence-electron chi connectivity index (χ4n) is 1.72. The summed E-state index contributed by atoms with van der Waals surface area (Å²) in [5.74, 6) is 0.806. The van der Waals surface area contributed by atoms with Crippen molar-refractivity contribution in [1.82, 2.24) is 10.3 Å². The number of aliphatic hydroxyl groups excluding tert-OH is 1. The molecular formula is C11H16N2O2.